The molecule has 24 heavy (non-hydrogen) atoms. The first-order valence-corrected chi connectivity index (χ1v) is 8.58. The summed E-state index contributed by atoms with van der Waals surface area (Å²) in [5.41, 5.74) is 3.49. The van der Waals surface area contributed by atoms with Crippen molar-refractivity contribution < 1.29 is 4.79 Å². The van der Waals surface area contributed by atoms with Gasteiger partial charge in [0.25, 0.3) is 0 Å². The van der Waals surface area contributed by atoms with E-state index in [2.05, 4.69) is 29.3 Å². The molecule has 2 amide bonds. The maximum absolute atomic E-state index is 12.3. The van der Waals surface area contributed by atoms with Gasteiger partial charge in [0.1, 0.15) is 0 Å². The van der Waals surface area contributed by atoms with E-state index in [1.165, 1.54) is 5.56 Å². The van der Waals surface area contributed by atoms with E-state index in [1.807, 2.05) is 41.3 Å². The number of nitrogens with one attached hydrogen (secondary N) is 1. The molecule has 5 heteroatoms. The van der Waals surface area contributed by atoms with Gasteiger partial charge < -0.3 is 15.1 Å². The highest BCUT2D eigenvalue weighted by molar-refractivity contribution is 6.30. The molecular formula is C19H22ClN3O. The van der Waals surface area contributed by atoms with Crippen molar-refractivity contribution in [3.8, 4) is 0 Å². The number of hydrogen-bond donors (Lipinski definition) is 1. The normalized spacial score (nSPS) is 14.6. The molecule has 0 saturated carbocycles. The Morgan fingerprint density at radius 1 is 1.08 bits per heavy atom. The van der Waals surface area contributed by atoms with Crippen LogP contribution < -0.4 is 10.2 Å². The lowest BCUT2D eigenvalue weighted by atomic mass is 10.1. The van der Waals surface area contributed by atoms with Crippen LogP contribution in [0.1, 0.15) is 11.1 Å². The van der Waals surface area contributed by atoms with Crippen molar-refractivity contribution in [3.05, 3.63) is 64.7 Å². The number of piperazine rings is 1. The van der Waals surface area contributed by atoms with E-state index >= 15 is 0 Å². The zero-order valence-corrected chi connectivity index (χ0v) is 14.6. The zero-order valence-electron chi connectivity index (χ0n) is 13.8. The van der Waals surface area contributed by atoms with Gasteiger partial charge in [-0.2, -0.15) is 0 Å². The molecule has 1 N–H and O–H groups in total. The van der Waals surface area contributed by atoms with Crippen molar-refractivity contribution >= 4 is 23.3 Å². The summed E-state index contributed by atoms with van der Waals surface area (Å²) in [6.07, 6.45) is 0. The fraction of sp³-hybridized carbons (Fsp3) is 0.316. The molecule has 1 fully saturated rings. The number of benzene rings is 2. The third-order valence-electron chi connectivity index (χ3n) is 4.28. The predicted octanol–water partition coefficient (Wildman–Crippen LogP) is 3.68. The first-order chi connectivity index (χ1) is 11.6. The van der Waals surface area contributed by atoms with Gasteiger partial charge in [0.05, 0.1) is 0 Å². The van der Waals surface area contributed by atoms with Crippen molar-refractivity contribution in [1.29, 1.82) is 0 Å². The molecule has 1 heterocycles. The minimum atomic E-state index is 0.00672. The fourth-order valence-corrected chi connectivity index (χ4v) is 3.06. The molecule has 0 bridgehead atoms. The molecule has 1 saturated heterocycles. The number of nitrogens with zero attached hydrogens (tertiary/aromatic N) is 2. The topological polar surface area (TPSA) is 35.6 Å². The van der Waals surface area contributed by atoms with Gasteiger partial charge in [0, 0.05) is 43.4 Å². The molecule has 0 aliphatic carbocycles. The summed E-state index contributed by atoms with van der Waals surface area (Å²) in [5.74, 6) is 0. The number of anilines is 1. The average molecular weight is 344 g/mol. The molecule has 1 aliphatic rings. The number of urea groups is 1. The lowest BCUT2D eigenvalue weighted by Crippen LogP contribution is -2.51. The van der Waals surface area contributed by atoms with Crippen molar-refractivity contribution in [2.45, 2.75) is 13.5 Å². The van der Waals surface area contributed by atoms with Gasteiger partial charge >= 0.3 is 6.03 Å². The molecular weight excluding hydrogens is 322 g/mol. The number of aryl methyl sites for hydroxylation is 1. The van der Waals surface area contributed by atoms with Crippen molar-refractivity contribution in [2.24, 2.45) is 0 Å². The van der Waals surface area contributed by atoms with Gasteiger partial charge in [0.15, 0.2) is 0 Å². The van der Waals surface area contributed by atoms with Crippen LogP contribution in [0.15, 0.2) is 48.5 Å². The molecule has 0 spiro atoms. The van der Waals surface area contributed by atoms with Crippen LogP contribution >= 0.6 is 11.6 Å². The van der Waals surface area contributed by atoms with Crippen molar-refractivity contribution in [1.82, 2.24) is 10.2 Å². The zero-order chi connectivity index (χ0) is 16.9. The van der Waals surface area contributed by atoms with E-state index in [4.69, 9.17) is 11.6 Å². The second-order valence-electron chi connectivity index (χ2n) is 6.10. The second kappa shape index (κ2) is 7.58. The standard InChI is InChI=1S/C19H22ClN3O/c1-15-3-2-4-16(13-15)14-21-19(24)23-11-9-22(10-12-23)18-7-5-17(20)6-8-18/h2-8,13H,9-12,14H2,1H3,(H,21,24). The third-order valence-corrected chi connectivity index (χ3v) is 4.54. The van der Waals surface area contributed by atoms with Crippen LogP contribution in [0.5, 0.6) is 0 Å². The largest absolute Gasteiger partial charge is 0.368 e. The minimum Gasteiger partial charge on any atom is -0.368 e. The Labute approximate surface area is 148 Å². The summed E-state index contributed by atoms with van der Waals surface area (Å²) in [4.78, 5) is 16.5. The summed E-state index contributed by atoms with van der Waals surface area (Å²) < 4.78 is 0. The Morgan fingerprint density at radius 3 is 2.46 bits per heavy atom. The third kappa shape index (κ3) is 4.20. The van der Waals surface area contributed by atoms with Crippen LogP contribution in [0.25, 0.3) is 0 Å². The fourth-order valence-electron chi connectivity index (χ4n) is 2.93. The van der Waals surface area contributed by atoms with Crippen LogP contribution in [0.3, 0.4) is 0 Å². The number of halogens is 1. The summed E-state index contributed by atoms with van der Waals surface area (Å²) in [5, 5.41) is 3.75. The lowest BCUT2D eigenvalue weighted by Gasteiger charge is -2.36. The SMILES string of the molecule is Cc1cccc(CNC(=O)N2CCN(c3ccc(Cl)cc3)CC2)c1. The highest BCUT2D eigenvalue weighted by Gasteiger charge is 2.21. The molecule has 2 aromatic carbocycles. The Bertz CT molecular complexity index is 694. The van der Waals surface area contributed by atoms with Gasteiger partial charge in [0.2, 0.25) is 0 Å². The molecule has 0 radical (unpaired) electrons. The number of amides is 2. The summed E-state index contributed by atoms with van der Waals surface area (Å²) in [6.45, 7) is 5.74. The Kier molecular flexibility index (Phi) is 5.26. The maximum Gasteiger partial charge on any atom is 0.317 e. The highest BCUT2D eigenvalue weighted by Crippen LogP contribution is 2.19. The number of hydrogen-bond acceptors (Lipinski definition) is 2. The molecule has 126 valence electrons. The van der Waals surface area contributed by atoms with Gasteiger partial charge in [-0.3, -0.25) is 0 Å². The molecule has 0 aromatic heterocycles. The Hall–Kier alpha value is -2.20. The predicted molar refractivity (Wildman–Crippen MR) is 98.7 cm³/mol. The van der Waals surface area contributed by atoms with Crippen LogP contribution in [-0.2, 0) is 6.54 Å². The molecule has 0 atom stereocenters. The van der Waals surface area contributed by atoms with Gasteiger partial charge in [-0.25, -0.2) is 4.79 Å². The van der Waals surface area contributed by atoms with Gasteiger partial charge in [-0.05, 0) is 36.8 Å². The van der Waals surface area contributed by atoms with E-state index in [0.717, 1.165) is 42.5 Å². The van der Waals surface area contributed by atoms with Crippen LogP contribution in [-0.4, -0.2) is 37.1 Å². The molecule has 0 unspecified atom stereocenters. The van der Waals surface area contributed by atoms with Crippen LogP contribution in [0.2, 0.25) is 5.02 Å². The first-order valence-electron chi connectivity index (χ1n) is 8.21. The van der Waals surface area contributed by atoms with E-state index in [1.54, 1.807) is 0 Å². The first kappa shape index (κ1) is 16.7. The van der Waals surface area contributed by atoms with Crippen molar-refractivity contribution in [3.63, 3.8) is 0 Å². The molecule has 2 aromatic rings. The van der Waals surface area contributed by atoms with Crippen LogP contribution in [0, 0.1) is 6.92 Å². The van der Waals surface area contributed by atoms with Gasteiger partial charge in [-0.1, -0.05) is 41.4 Å². The average Bonchev–Trinajstić information content (AvgIpc) is 2.61. The quantitative estimate of drug-likeness (QED) is 0.922. The number of rotatable bonds is 3. The van der Waals surface area contributed by atoms with Gasteiger partial charge in [-0.15, -0.1) is 0 Å². The maximum atomic E-state index is 12.3. The summed E-state index contributed by atoms with van der Waals surface area (Å²) in [7, 11) is 0. The summed E-state index contributed by atoms with van der Waals surface area (Å²) >= 11 is 5.93. The minimum absolute atomic E-state index is 0.00672. The Balaban J connectivity index is 1.49. The summed E-state index contributed by atoms with van der Waals surface area (Å²) in [6, 6.07) is 16.1. The second-order valence-corrected chi connectivity index (χ2v) is 6.53. The van der Waals surface area contributed by atoms with Crippen LogP contribution in [0.4, 0.5) is 10.5 Å². The Morgan fingerprint density at radius 2 is 1.79 bits per heavy atom. The highest BCUT2D eigenvalue weighted by atomic mass is 35.5. The van der Waals surface area contributed by atoms with E-state index in [0.29, 0.717) is 6.54 Å². The smallest absolute Gasteiger partial charge is 0.317 e. The number of carbonyl (C=O) groups is 1. The van der Waals surface area contributed by atoms with E-state index in [-0.39, 0.29) is 6.03 Å². The molecule has 3 rings (SSSR count). The number of carbonyl (C=O) groups excluding carboxylic acids is 1. The van der Waals surface area contributed by atoms with E-state index in [9.17, 15) is 4.79 Å². The molecule has 4 nitrogen and oxygen atoms in total. The van der Waals surface area contributed by atoms with Crippen molar-refractivity contribution in [2.75, 3.05) is 31.1 Å². The molecule has 1 aliphatic heterocycles. The lowest BCUT2D eigenvalue weighted by molar-refractivity contribution is 0.194. The van der Waals surface area contributed by atoms with E-state index < -0.39 is 0 Å². The monoisotopic (exact) mass is 343 g/mol.